The maximum atomic E-state index is 14.1. The third-order valence-electron chi connectivity index (χ3n) is 4.17. The highest BCUT2D eigenvalue weighted by Crippen LogP contribution is 2.40. The first-order valence-corrected chi connectivity index (χ1v) is 8.34. The number of rotatable bonds is 5. The third kappa shape index (κ3) is 3.49. The Labute approximate surface area is 165 Å². The van der Waals surface area contributed by atoms with Crippen molar-refractivity contribution in [3.63, 3.8) is 0 Å². The summed E-state index contributed by atoms with van der Waals surface area (Å²) in [5, 5.41) is 14.8. The van der Waals surface area contributed by atoms with Crippen molar-refractivity contribution in [2.24, 2.45) is 0 Å². The number of aromatic nitrogens is 2. The molecule has 3 aromatic rings. The van der Waals surface area contributed by atoms with Gasteiger partial charge in [-0.2, -0.15) is 5.10 Å². The Morgan fingerprint density at radius 3 is 2.28 bits per heavy atom. The molecule has 0 aliphatic carbocycles. The van der Waals surface area contributed by atoms with E-state index in [9.17, 15) is 19.1 Å². The summed E-state index contributed by atoms with van der Waals surface area (Å²) < 4.78 is 29.9. The minimum atomic E-state index is -0.912. The fourth-order valence-electron chi connectivity index (χ4n) is 2.85. The topological polar surface area (TPSA) is 99.9 Å². The SMILES string of the molecule is COC(=O)c1c(-c2cc(F)cc(OC)c2O)nn(-c2ccccc2)c1C(=O)OC. The highest BCUT2D eigenvalue weighted by atomic mass is 19.1. The van der Waals surface area contributed by atoms with Crippen LogP contribution in [0.4, 0.5) is 4.39 Å². The van der Waals surface area contributed by atoms with E-state index in [0.717, 1.165) is 26.4 Å². The molecule has 0 unspecified atom stereocenters. The lowest BCUT2D eigenvalue weighted by atomic mass is 10.0. The van der Waals surface area contributed by atoms with Gasteiger partial charge in [0.25, 0.3) is 0 Å². The summed E-state index contributed by atoms with van der Waals surface area (Å²) in [7, 11) is 3.52. The number of aromatic hydroxyl groups is 1. The van der Waals surface area contributed by atoms with Gasteiger partial charge in [0, 0.05) is 6.07 Å². The first-order chi connectivity index (χ1) is 13.9. The van der Waals surface area contributed by atoms with Crippen LogP contribution in [-0.4, -0.2) is 48.2 Å². The van der Waals surface area contributed by atoms with Gasteiger partial charge in [0.1, 0.15) is 17.1 Å². The van der Waals surface area contributed by atoms with Crippen LogP contribution in [0.25, 0.3) is 16.9 Å². The molecule has 0 aliphatic rings. The molecule has 0 saturated carbocycles. The number of carbonyl (C=O) groups is 2. The molecule has 9 heteroatoms. The van der Waals surface area contributed by atoms with Crippen molar-refractivity contribution < 1.29 is 33.3 Å². The van der Waals surface area contributed by atoms with E-state index in [4.69, 9.17) is 14.2 Å². The quantitative estimate of drug-likeness (QED) is 0.657. The van der Waals surface area contributed by atoms with Crippen LogP contribution in [0.2, 0.25) is 0 Å². The smallest absolute Gasteiger partial charge is 0.357 e. The number of para-hydroxylation sites is 1. The van der Waals surface area contributed by atoms with Gasteiger partial charge in [-0.05, 0) is 18.2 Å². The summed E-state index contributed by atoms with van der Waals surface area (Å²) >= 11 is 0. The van der Waals surface area contributed by atoms with Gasteiger partial charge < -0.3 is 19.3 Å². The van der Waals surface area contributed by atoms with Gasteiger partial charge in [-0.3, -0.25) is 0 Å². The van der Waals surface area contributed by atoms with Crippen LogP contribution >= 0.6 is 0 Å². The number of benzene rings is 2. The molecule has 0 saturated heterocycles. The fraction of sp³-hybridized carbons (Fsp3) is 0.150. The summed E-state index contributed by atoms with van der Waals surface area (Å²) in [6.07, 6.45) is 0. The molecule has 3 rings (SSSR count). The van der Waals surface area contributed by atoms with E-state index in [-0.39, 0.29) is 28.3 Å². The number of nitrogens with zero attached hydrogens (tertiary/aromatic N) is 2. The van der Waals surface area contributed by atoms with Crippen LogP contribution < -0.4 is 4.74 Å². The van der Waals surface area contributed by atoms with E-state index in [2.05, 4.69) is 5.10 Å². The van der Waals surface area contributed by atoms with Gasteiger partial charge in [0.2, 0.25) is 0 Å². The number of phenolic OH excluding ortho intramolecular Hbond substituents is 1. The molecule has 2 aromatic carbocycles. The van der Waals surface area contributed by atoms with Crippen molar-refractivity contribution in [2.45, 2.75) is 0 Å². The first-order valence-electron chi connectivity index (χ1n) is 8.34. The van der Waals surface area contributed by atoms with Crippen molar-refractivity contribution in [1.29, 1.82) is 0 Å². The zero-order valence-corrected chi connectivity index (χ0v) is 15.8. The van der Waals surface area contributed by atoms with Crippen molar-refractivity contribution >= 4 is 11.9 Å². The summed E-state index contributed by atoms with van der Waals surface area (Å²) in [6, 6.07) is 10.4. The van der Waals surface area contributed by atoms with Crippen LogP contribution in [-0.2, 0) is 9.47 Å². The lowest BCUT2D eigenvalue weighted by molar-refractivity contribution is 0.0549. The van der Waals surface area contributed by atoms with E-state index >= 15 is 0 Å². The second-order valence-corrected chi connectivity index (χ2v) is 5.81. The number of hydrogen-bond acceptors (Lipinski definition) is 7. The van der Waals surface area contributed by atoms with E-state index in [1.807, 2.05) is 0 Å². The van der Waals surface area contributed by atoms with E-state index in [1.54, 1.807) is 30.3 Å². The number of hydrogen-bond donors (Lipinski definition) is 1. The van der Waals surface area contributed by atoms with Crippen molar-refractivity contribution in [1.82, 2.24) is 9.78 Å². The third-order valence-corrected chi connectivity index (χ3v) is 4.17. The predicted octanol–water partition coefficient (Wildman–Crippen LogP) is 2.97. The molecular weight excluding hydrogens is 383 g/mol. The minimum Gasteiger partial charge on any atom is -0.504 e. The second-order valence-electron chi connectivity index (χ2n) is 5.81. The summed E-state index contributed by atoms with van der Waals surface area (Å²) in [5.74, 6) is -3.13. The highest BCUT2D eigenvalue weighted by Gasteiger charge is 2.33. The number of methoxy groups -OCH3 is 3. The zero-order valence-electron chi connectivity index (χ0n) is 15.8. The molecule has 0 radical (unpaired) electrons. The van der Waals surface area contributed by atoms with Gasteiger partial charge in [-0.1, -0.05) is 18.2 Å². The van der Waals surface area contributed by atoms with Crippen LogP contribution in [0, 0.1) is 5.82 Å². The Balaban J connectivity index is 2.42. The van der Waals surface area contributed by atoms with Crippen molar-refractivity contribution in [3.05, 3.63) is 59.5 Å². The number of esters is 2. The van der Waals surface area contributed by atoms with Crippen LogP contribution in [0.15, 0.2) is 42.5 Å². The number of phenols is 1. The maximum absolute atomic E-state index is 14.1. The van der Waals surface area contributed by atoms with Gasteiger partial charge in [-0.15, -0.1) is 0 Å². The highest BCUT2D eigenvalue weighted by molar-refractivity contribution is 6.07. The lowest BCUT2D eigenvalue weighted by Gasteiger charge is -2.09. The lowest BCUT2D eigenvalue weighted by Crippen LogP contribution is -2.15. The van der Waals surface area contributed by atoms with E-state index in [0.29, 0.717) is 5.69 Å². The normalized spacial score (nSPS) is 10.5. The average molecular weight is 400 g/mol. The summed E-state index contributed by atoms with van der Waals surface area (Å²) in [4.78, 5) is 25.1. The zero-order chi connectivity index (χ0) is 21.1. The Morgan fingerprint density at radius 2 is 1.69 bits per heavy atom. The number of halogens is 1. The maximum Gasteiger partial charge on any atom is 0.357 e. The molecule has 0 atom stereocenters. The van der Waals surface area contributed by atoms with Crippen LogP contribution in [0.5, 0.6) is 11.5 Å². The van der Waals surface area contributed by atoms with E-state index < -0.39 is 23.5 Å². The summed E-state index contributed by atoms with van der Waals surface area (Å²) in [6.45, 7) is 0. The molecule has 1 heterocycles. The Kier molecular flexibility index (Phi) is 5.49. The van der Waals surface area contributed by atoms with Gasteiger partial charge in [-0.25, -0.2) is 18.7 Å². The van der Waals surface area contributed by atoms with Gasteiger partial charge in [0.15, 0.2) is 17.2 Å². The van der Waals surface area contributed by atoms with Gasteiger partial charge in [0.05, 0.1) is 32.6 Å². The molecule has 29 heavy (non-hydrogen) atoms. The first kappa shape index (κ1) is 19.9. The number of ether oxygens (including phenoxy) is 3. The largest absolute Gasteiger partial charge is 0.504 e. The van der Waals surface area contributed by atoms with Crippen molar-refractivity contribution in [2.75, 3.05) is 21.3 Å². The van der Waals surface area contributed by atoms with Crippen molar-refractivity contribution in [3.8, 4) is 28.4 Å². The molecule has 1 N–H and O–H groups in total. The average Bonchev–Trinajstić information content (AvgIpc) is 3.14. The summed E-state index contributed by atoms with van der Waals surface area (Å²) in [5.41, 5.74) is -0.403. The monoisotopic (exact) mass is 400 g/mol. The molecule has 0 amide bonds. The molecule has 0 aliphatic heterocycles. The fourth-order valence-corrected chi connectivity index (χ4v) is 2.85. The minimum absolute atomic E-state index is 0.151. The Hall–Kier alpha value is -3.88. The van der Waals surface area contributed by atoms with Crippen LogP contribution in [0.3, 0.4) is 0 Å². The molecule has 0 fully saturated rings. The molecule has 150 valence electrons. The van der Waals surface area contributed by atoms with E-state index in [1.165, 1.54) is 11.8 Å². The second kappa shape index (κ2) is 8.01. The van der Waals surface area contributed by atoms with Crippen LogP contribution in [0.1, 0.15) is 20.8 Å². The predicted molar refractivity (Wildman–Crippen MR) is 99.9 cm³/mol. The Morgan fingerprint density at radius 1 is 1.03 bits per heavy atom. The molecule has 1 aromatic heterocycles. The molecular formula is C20H17FN2O6. The molecule has 0 bridgehead atoms. The Bertz CT molecular complexity index is 1080. The molecule has 8 nitrogen and oxygen atoms in total. The molecule has 0 spiro atoms. The number of carbonyl (C=O) groups excluding carboxylic acids is 2. The standard InChI is InChI=1S/C20H17FN2O6/c1-27-14-10-11(21)9-13(18(14)24)16-15(19(25)28-2)17(20(26)29-3)23(22-16)12-7-5-4-6-8-12/h4-10,24H,1-3H3. The van der Waals surface area contributed by atoms with Gasteiger partial charge >= 0.3 is 11.9 Å².